The van der Waals surface area contributed by atoms with E-state index in [9.17, 15) is 4.79 Å². The van der Waals surface area contributed by atoms with Gasteiger partial charge in [0.25, 0.3) is 5.91 Å². The molecule has 0 aromatic heterocycles. The molecule has 1 aromatic rings. The molecular formula is C11H14BrIN2O. The van der Waals surface area contributed by atoms with E-state index in [1.165, 1.54) is 0 Å². The minimum atomic E-state index is -0.386. The second-order valence-electron chi connectivity index (χ2n) is 4.17. The SMILES string of the molecule is CC(C)(CN)NC(=O)c1cc(Br)ccc1I. The quantitative estimate of drug-likeness (QED) is 0.771. The summed E-state index contributed by atoms with van der Waals surface area (Å²) in [6.45, 7) is 4.20. The first-order valence-corrected chi connectivity index (χ1v) is 6.70. The van der Waals surface area contributed by atoms with Crippen LogP contribution in [0.1, 0.15) is 24.2 Å². The summed E-state index contributed by atoms with van der Waals surface area (Å²) >= 11 is 5.50. The summed E-state index contributed by atoms with van der Waals surface area (Å²) in [4.78, 5) is 12.0. The van der Waals surface area contributed by atoms with Crippen molar-refractivity contribution < 1.29 is 4.79 Å². The Morgan fingerprint density at radius 3 is 2.75 bits per heavy atom. The first-order chi connectivity index (χ1) is 7.35. The molecule has 5 heteroatoms. The molecule has 0 aliphatic heterocycles. The van der Waals surface area contributed by atoms with E-state index in [0.717, 1.165) is 8.04 Å². The average molecular weight is 397 g/mol. The van der Waals surface area contributed by atoms with E-state index >= 15 is 0 Å². The van der Waals surface area contributed by atoms with E-state index in [0.29, 0.717) is 12.1 Å². The molecule has 3 N–H and O–H groups in total. The van der Waals surface area contributed by atoms with Crippen molar-refractivity contribution in [2.75, 3.05) is 6.54 Å². The molecule has 0 saturated heterocycles. The summed E-state index contributed by atoms with van der Waals surface area (Å²) in [6.07, 6.45) is 0. The number of nitrogens with one attached hydrogen (secondary N) is 1. The van der Waals surface area contributed by atoms with Crippen LogP contribution in [0.5, 0.6) is 0 Å². The number of benzene rings is 1. The molecule has 0 bridgehead atoms. The predicted molar refractivity (Wildman–Crippen MR) is 77.5 cm³/mol. The second-order valence-corrected chi connectivity index (χ2v) is 6.24. The van der Waals surface area contributed by atoms with Crippen molar-refractivity contribution in [1.29, 1.82) is 0 Å². The van der Waals surface area contributed by atoms with Crippen LogP contribution in [0.2, 0.25) is 0 Å². The largest absolute Gasteiger partial charge is 0.346 e. The van der Waals surface area contributed by atoms with Gasteiger partial charge in [0.05, 0.1) is 5.56 Å². The highest BCUT2D eigenvalue weighted by atomic mass is 127. The van der Waals surface area contributed by atoms with Gasteiger partial charge in [-0.3, -0.25) is 4.79 Å². The van der Waals surface area contributed by atoms with Crippen molar-refractivity contribution in [1.82, 2.24) is 5.32 Å². The lowest BCUT2D eigenvalue weighted by Crippen LogP contribution is -2.49. The Labute approximate surface area is 117 Å². The third-order valence-corrected chi connectivity index (χ3v) is 3.57. The molecular weight excluding hydrogens is 383 g/mol. The van der Waals surface area contributed by atoms with E-state index in [-0.39, 0.29) is 11.4 Å². The summed E-state index contributed by atoms with van der Waals surface area (Å²) < 4.78 is 1.81. The standard InChI is InChI=1S/C11H14BrIN2O/c1-11(2,6-14)15-10(16)8-5-7(12)3-4-9(8)13/h3-5H,6,14H2,1-2H3,(H,15,16). The van der Waals surface area contributed by atoms with Gasteiger partial charge in [-0.25, -0.2) is 0 Å². The van der Waals surface area contributed by atoms with Gasteiger partial charge in [0, 0.05) is 20.1 Å². The van der Waals surface area contributed by atoms with Crippen molar-refractivity contribution in [2.24, 2.45) is 5.73 Å². The Morgan fingerprint density at radius 1 is 1.56 bits per heavy atom. The summed E-state index contributed by atoms with van der Waals surface area (Å²) in [7, 11) is 0. The number of carbonyl (C=O) groups excluding carboxylic acids is 1. The Morgan fingerprint density at radius 2 is 2.19 bits per heavy atom. The van der Waals surface area contributed by atoms with Crippen molar-refractivity contribution in [3.8, 4) is 0 Å². The summed E-state index contributed by atoms with van der Waals surface area (Å²) in [5.74, 6) is -0.0962. The molecule has 0 unspecified atom stereocenters. The maximum absolute atomic E-state index is 12.0. The van der Waals surface area contributed by atoms with Crippen molar-refractivity contribution in [3.05, 3.63) is 31.8 Å². The van der Waals surface area contributed by atoms with Crippen molar-refractivity contribution in [3.63, 3.8) is 0 Å². The number of amides is 1. The smallest absolute Gasteiger partial charge is 0.252 e. The van der Waals surface area contributed by atoms with Gasteiger partial charge in [0.1, 0.15) is 0 Å². The average Bonchev–Trinajstić information content (AvgIpc) is 2.21. The molecule has 0 saturated carbocycles. The van der Waals surface area contributed by atoms with Crippen LogP contribution in [-0.2, 0) is 0 Å². The van der Waals surface area contributed by atoms with Crippen LogP contribution in [0.25, 0.3) is 0 Å². The molecule has 0 radical (unpaired) electrons. The van der Waals surface area contributed by atoms with Crippen LogP contribution in [0.3, 0.4) is 0 Å². The van der Waals surface area contributed by atoms with Gasteiger partial charge in [-0.2, -0.15) is 0 Å². The summed E-state index contributed by atoms with van der Waals surface area (Å²) in [5.41, 5.74) is 5.85. The molecule has 0 atom stereocenters. The zero-order valence-electron chi connectivity index (χ0n) is 9.18. The lowest BCUT2D eigenvalue weighted by molar-refractivity contribution is 0.0915. The van der Waals surface area contributed by atoms with Gasteiger partial charge < -0.3 is 11.1 Å². The minimum absolute atomic E-state index is 0.0962. The molecule has 1 amide bonds. The van der Waals surface area contributed by atoms with Crippen LogP contribution >= 0.6 is 38.5 Å². The topological polar surface area (TPSA) is 55.1 Å². The number of hydrogen-bond donors (Lipinski definition) is 2. The van der Waals surface area contributed by atoms with E-state index in [1.54, 1.807) is 0 Å². The first kappa shape index (κ1) is 13.9. The second kappa shape index (κ2) is 5.46. The van der Waals surface area contributed by atoms with Gasteiger partial charge in [-0.05, 0) is 54.6 Å². The molecule has 0 spiro atoms. The first-order valence-electron chi connectivity index (χ1n) is 4.83. The monoisotopic (exact) mass is 396 g/mol. The third-order valence-electron chi connectivity index (χ3n) is 2.14. The van der Waals surface area contributed by atoms with Gasteiger partial charge >= 0.3 is 0 Å². The fourth-order valence-electron chi connectivity index (χ4n) is 1.10. The Bertz CT molecular complexity index is 407. The highest BCUT2D eigenvalue weighted by molar-refractivity contribution is 14.1. The zero-order chi connectivity index (χ0) is 12.3. The number of hydrogen-bond acceptors (Lipinski definition) is 2. The maximum Gasteiger partial charge on any atom is 0.252 e. The zero-order valence-corrected chi connectivity index (χ0v) is 12.9. The molecule has 3 nitrogen and oxygen atoms in total. The number of nitrogens with two attached hydrogens (primary N) is 1. The molecule has 88 valence electrons. The molecule has 0 aliphatic carbocycles. The van der Waals surface area contributed by atoms with Crippen molar-refractivity contribution in [2.45, 2.75) is 19.4 Å². The number of halogens is 2. The third kappa shape index (κ3) is 3.71. The van der Waals surface area contributed by atoms with Crippen LogP contribution in [0.15, 0.2) is 22.7 Å². The van der Waals surface area contributed by atoms with E-state index in [1.807, 2.05) is 32.0 Å². The fourth-order valence-corrected chi connectivity index (χ4v) is 2.04. The normalized spacial score (nSPS) is 11.3. The van der Waals surface area contributed by atoms with Crippen LogP contribution in [0.4, 0.5) is 0 Å². The highest BCUT2D eigenvalue weighted by Gasteiger charge is 2.20. The predicted octanol–water partition coefficient (Wildman–Crippen LogP) is 2.52. The van der Waals surface area contributed by atoms with E-state index < -0.39 is 0 Å². The Balaban J connectivity index is 2.93. The molecule has 1 aromatic carbocycles. The maximum atomic E-state index is 12.0. The van der Waals surface area contributed by atoms with Crippen LogP contribution in [0, 0.1) is 3.57 Å². The number of rotatable bonds is 3. The van der Waals surface area contributed by atoms with Crippen LogP contribution in [-0.4, -0.2) is 18.0 Å². The van der Waals surface area contributed by atoms with Crippen molar-refractivity contribution >= 4 is 44.4 Å². The molecule has 0 aliphatic rings. The molecule has 16 heavy (non-hydrogen) atoms. The lowest BCUT2D eigenvalue weighted by atomic mass is 10.1. The van der Waals surface area contributed by atoms with Gasteiger partial charge in [0.15, 0.2) is 0 Å². The highest BCUT2D eigenvalue weighted by Crippen LogP contribution is 2.19. The fraction of sp³-hybridized carbons (Fsp3) is 0.364. The minimum Gasteiger partial charge on any atom is -0.346 e. The van der Waals surface area contributed by atoms with Gasteiger partial charge in [-0.15, -0.1) is 0 Å². The Kier molecular flexibility index (Phi) is 4.75. The van der Waals surface area contributed by atoms with Gasteiger partial charge in [0.2, 0.25) is 0 Å². The van der Waals surface area contributed by atoms with Gasteiger partial charge in [-0.1, -0.05) is 15.9 Å². The molecule has 0 heterocycles. The Hall–Kier alpha value is -0.140. The summed E-state index contributed by atoms with van der Waals surface area (Å²) in [5, 5.41) is 2.90. The molecule has 1 rings (SSSR count). The lowest BCUT2D eigenvalue weighted by Gasteiger charge is -2.24. The van der Waals surface area contributed by atoms with E-state index in [2.05, 4.69) is 43.8 Å². The van der Waals surface area contributed by atoms with E-state index in [4.69, 9.17) is 5.73 Å². The number of carbonyl (C=O) groups is 1. The molecule has 0 fully saturated rings. The summed E-state index contributed by atoms with van der Waals surface area (Å²) in [6, 6.07) is 5.62. The van der Waals surface area contributed by atoms with Crippen LogP contribution < -0.4 is 11.1 Å².